The molecule has 1 aromatic heterocycles. The van der Waals surface area contributed by atoms with Crippen molar-refractivity contribution in [2.45, 2.75) is 6.18 Å². The van der Waals surface area contributed by atoms with Crippen LogP contribution in [0.3, 0.4) is 0 Å². The maximum atomic E-state index is 13.1. The molecule has 0 fully saturated rings. The van der Waals surface area contributed by atoms with Crippen molar-refractivity contribution in [2.24, 2.45) is 0 Å². The predicted octanol–water partition coefficient (Wildman–Crippen LogP) is 6.13. The Morgan fingerprint density at radius 2 is 1.31 bits per heavy atom. The van der Waals surface area contributed by atoms with Crippen molar-refractivity contribution in [3.05, 3.63) is 82.6 Å². The molecule has 0 radical (unpaired) electrons. The Kier molecular flexibility index (Phi) is 4.45. The van der Waals surface area contributed by atoms with Gasteiger partial charge in [0, 0.05) is 28.5 Å². The normalized spacial score (nSPS) is 12.3. The van der Waals surface area contributed by atoms with Crippen molar-refractivity contribution < 1.29 is 22.6 Å². The Hall–Kier alpha value is -4.33. The smallest absolute Gasteiger partial charge is 0.416 e. The Balaban J connectivity index is 1.62. The molecular formula is C27H17F3N2O3. The lowest BCUT2D eigenvalue weighted by Crippen LogP contribution is -2.05. The third kappa shape index (κ3) is 3.24. The van der Waals surface area contributed by atoms with Gasteiger partial charge in [0.15, 0.2) is 5.43 Å². The Labute approximate surface area is 197 Å². The highest BCUT2D eigenvalue weighted by Gasteiger charge is 2.34. The van der Waals surface area contributed by atoms with Gasteiger partial charge in [-0.05, 0) is 77.4 Å². The monoisotopic (exact) mass is 474 g/mol. The van der Waals surface area contributed by atoms with Crippen molar-refractivity contribution >= 4 is 0 Å². The van der Waals surface area contributed by atoms with Crippen LogP contribution in [0.5, 0.6) is 11.5 Å². The van der Waals surface area contributed by atoms with Crippen LogP contribution in [0.1, 0.15) is 5.56 Å². The van der Waals surface area contributed by atoms with Crippen LogP contribution in [-0.2, 0) is 6.18 Å². The summed E-state index contributed by atoms with van der Waals surface area (Å²) in [5.41, 5.74) is 5.25. The van der Waals surface area contributed by atoms with E-state index in [1.165, 1.54) is 12.1 Å². The van der Waals surface area contributed by atoms with E-state index in [4.69, 9.17) is 14.6 Å². The minimum atomic E-state index is -4.43. The summed E-state index contributed by atoms with van der Waals surface area (Å²) in [7, 11) is 3.11. The number of benzene rings is 3. The molecule has 0 bridgehead atoms. The minimum Gasteiger partial charge on any atom is -0.497 e. The third-order valence-corrected chi connectivity index (χ3v) is 6.35. The van der Waals surface area contributed by atoms with E-state index in [-0.39, 0.29) is 5.43 Å². The molecule has 1 aliphatic rings. The number of hydrogen-bond donors (Lipinski definition) is 0. The molecule has 8 heteroatoms. The summed E-state index contributed by atoms with van der Waals surface area (Å²) in [6.07, 6.45) is -2.66. The quantitative estimate of drug-likeness (QED) is 0.310. The zero-order valence-corrected chi connectivity index (χ0v) is 18.6. The standard InChI is InChI=1S/C27H17F3N2O3/c1-34-16-7-9-18-20(11-16)22-13-32(15-5-3-14(4-6-15)27(28,29)30)31-25(22)21-12-17(35-2)8-10-19(21)24-23(18)26(24)33/h3-13H,1-2H3. The Morgan fingerprint density at radius 1 is 0.743 bits per heavy atom. The molecular weight excluding hydrogens is 457 g/mol. The fourth-order valence-electron chi connectivity index (χ4n) is 4.55. The van der Waals surface area contributed by atoms with Crippen LogP contribution in [-0.4, -0.2) is 24.0 Å². The number of hydrogen-bond acceptors (Lipinski definition) is 4. The van der Waals surface area contributed by atoms with E-state index in [1.807, 2.05) is 24.3 Å². The van der Waals surface area contributed by atoms with Gasteiger partial charge in [-0.3, -0.25) is 4.79 Å². The number of halogens is 3. The molecule has 0 N–H and O–H groups in total. The van der Waals surface area contributed by atoms with Crippen LogP contribution in [0.4, 0.5) is 13.2 Å². The Bertz CT molecular complexity index is 1530. The number of aromatic nitrogens is 2. The number of nitrogens with zero attached hydrogens (tertiary/aromatic N) is 2. The number of fused-ring (bicyclic) bond motifs is 8. The molecule has 1 heterocycles. The van der Waals surface area contributed by atoms with E-state index in [9.17, 15) is 18.0 Å². The Morgan fingerprint density at radius 3 is 1.89 bits per heavy atom. The largest absolute Gasteiger partial charge is 0.497 e. The summed E-state index contributed by atoms with van der Waals surface area (Å²) in [5.74, 6) is 1.21. The van der Waals surface area contributed by atoms with Gasteiger partial charge in [-0.1, -0.05) is 0 Å². The summed E-state index contributed by atoms with van der Waals surface area (Å²) in [4.78, 5) is 12.9. The molecule has 0 aliphatic heterocycles. The van der Waals surface area contributed by atoms with Gasteiger partial charge in [-0.15, -0.1) is 0 Å². The van der Waals surface area contributed by atoms with Gasteiger partial charge in [0.25, 0.3) is 0 Å². The highest BCUT2D eigenvalue weighted by atomic mass is 19.4. The molecule has 0 unspecified atom stereocenters. The van der Waals surface area contributed by atoms with E-state index in [0.29, 0.717) is 39.6 Å². The summed E-state index contributed by atoms with van der Waals surface area (Å²) in [6.45, 7) is 0. The van der Waals surface area contributed by atoms with Crippen molar-refractivity contribution in [1.82, 2.24) is 9.78 Å². The maximum Gasteiger partial charge on any atom is 0.416 e. The van der Waals surface area contributed by atoms with Crippen LogP contribution in [0, 0.1) is 0 Å². The van der Waals surface area contributed by atoms with E-state index in [2.05, 4.69) is 0 Å². The van der Waals surface area contributed by atoms with E-state index >= 15 is 0 Å². The zero-order chi connectivity index (χ0) is 24.5. The molecule has 4 aromatic carbocycles. The lowest BCUT2D eigenvalue weighted by molar-refractivity contribution is -0.137. The van der Waals surface area contributed by atoms with Crippen LogP contribution in [0.2, 0.25) is 0 Å². The molecule has 6 rings (SSSR count). The van der Waals surface area contributed by atoms with Crippen LogP contribution in [0.15, 0.2) is 71.7 Å². The fourth-order valence-corrected chi connectivity index (χ4v) is 4.55. The molecule has 0 saturated carbocycles. The number of methoxy groups -OCH3 is 2. The lowest BCUT2D eigenvalue weighted by atomic mass is 9.90. The summed E-state index contributed by atoms with van der Waals surface area (Å²) >= 11 is 0. The molecule has 0 atom stereocenters. The topological polar surface area (TPSA) is 53.4 Å². The van der Waals surface area contributed by atoms with Gasteiger partial charge in [-0.2, -0.15) is 18.3 Å². The van der Waals surface area contributed by atoms with Crippen molar-refractivity contribution in [3.63, 3.8) is 0 Å². The van der Waals surface area contributed by atoms with Crippen molar-refractivity contribution in [2.75, 3.05) is 14.2 Å². The van der Waals surface area contributed by atoms with Crippen molar-refractivity contribution in [1.29, 1.82) is 0 Å². The van der Waals surface area contributed by atoms with Gasteiger partial charge < -0.3 is 9.47 Å². The van der Waals surface area contributed by atoms with Gasteiger partial charge in [0.1, 0.15) is 17.2 Å². The number of ether oxygens (including phenoxy) is 2. The van der Waals surface area contributed by atoms with Gasteiger partial charge >= 0.3 is 6.18 Å². The van der Waals surface area contributed by atoms with E-state index in [0.717, 1.165) is 34.4 Å². The zero-order valence-electron chi connectivity index (χ0n) is 18.6. The first-order chi connectivity index (χ1) is 16.8. The average Bonchev–Trinajstić information content (AvgIpc) is 3.31. The fraction of sp³-hybridized carbons (Fsp3) is 0.111. The third-order valence-electron chi connectivity index (χ3n) is 6.35. The molecule has 0 saturated heterocycles. The van der Waals surface area contributed by atoms with E-state index in [1.54, 1.807) is 37.2 Å². The first-order valence-corrected chi connectivity index (χ1v) is 10.7. The van der Waals surface area contributed by atoms with Crippen LogP contribution in [0.25, 0.3) is 50.3 Å². The predicted molar refractivity (Wildman–Crippen MR) is 126 cm³/mol. The first-order valence-electron chi connectivity index (χ1n) is 10.7. The van der Waals surface area contributed by atoms with Gasteiger partial charge in [0.05, 0.1) is 25.5 Å². The number of rotatable bonds is 3. The number of alkyl halides is 3. The maximum absolute atomic E-state index is 13.1. The molecule has 0 spiro atoms. The second-order valence-electron chi connectivity index (χ2n) is 8.28. The van der Waals surface area contributed by atoms with Gasteiger partial charge in [0.2, 0.25) is 0 Å². The van der Waals surface area contributed by atoms with Crippen LogP contribution < -0.4 is 14.9 Å². The highest BCUT2D eigenvalue weighted by Crippen LogP contribution is 2.50. The lowest BCUT2D eigenvalue weighted by Gasteiger charge is -2.14. The first kappa shape index (κ1) is 21.2. The van der Waals surface area contributed by atoms with Crippen LogP contribution >= 0.6 is 0 Å². The minimum absolute atomic E-state index is 0.0244. The van der Waals surface area contributed by atoms with Crippen molar-refractivity contribution in [3.8, 4) is 61.8 Å². The second kappa shape index (κ2) is 7.33. The summed E-state index contributed by atoms with van der Waals surface area (Å²) < 4.78 is 51.6. The molecule has 35 heavy (non-hydrogen) atoms. The SMILES string of the molecule is COc1ccc2c(c1)-c1cn(-c3ccc(C(F)(F)F)cc3)nc1-c1cc(OC)ccc1-c1c-2c1=O. The molecule has 5 aromatic rings. The average molecular weight is 474 g/mol. The molecule has 5 nitrogen and oxygen atoms in total. The molecule has 174 valence electrons. The summed E-state index contributed by atoms with van der Waals surface area (Å²) in [6, 6.07) is 15.8. The van der Waals surface area contributed by atoms with Gasteiger partial charge in [-0.25, -0.2) is 4.68 Å². The summed E-state index contributed by atoms with van der Waals surface area (Å²) in [5, 5.41) is 4.77. The second-order valence-corrected chi connectivity index (χ2v) is 8.28. The molecule has 0 amide bonds. The van der Waals surface area contributed by atoms with E-state index < -0.39 is 11.7 Å². The molecule has 1 aliphatic carbocycles. The highest BCUT2D eigenvalue weighted by molar-refractivity contribution is 6.07.